The van der Waals surface area contributed by atoms with E-state index in [1.54, 1.807) is 55.5 Å². The highest BCUT2D eigenvalue weighted by Crippen LogP contribution is 2.15. The third-order valence-corrected chi connectivity index (χ3v) is 5.63. The van der Waals surface area contributed by atoms with Crippen molar-refractivity contribution in [3.63, 3.8) is 0 Å². The van der Waals surface area contributed by atoms with Gasteiger partial charge in [0.15, 0.2) is 0 Å². The second-order valence-electron chi connectivity index (χ2n) is 6.41. The molecule has 0 spiro atoms. The summed E-state index contributed by atoms with van der Waals surface area (Å²) in [6.07, 6.45) is 1.26. The van der Waals surface area contributed by atoms with Crippen molar-refractivity contribution in [3.05, 3.63) is 59.1 Å². The summed E-state index contributed by atoms with van der Waals surface area (Å²) in [5, 5.41) is 6.05. The smallest absolute Gasteiger partial charge is 0.251 e. The van der Waals surface area contributed by atoms with E-state index in [0.29, 0.717) is 41.3 Å². The largest absolute Gasteiger partial charge is 0.352 e. The number of nitrogens with one attached hydrogen (secondary N) is 3. The van der Waals surface area contributed by atoms with Gasteiger partial charge in [-0.2, -0.15) is 0 Å². The van der Waals surface area contributed by atoms with E-state index in [2.05, 4.69) is 15.4 Å². The van der Waals surface area contributed by atoms with Crippen LogP contribution in [0.1, 0.15) is 36.5 Å². The molecule has 0 aromatic heterocycles. The van der Waals surface area contributed by atoms with Gasteiger partial charge in [0.25, 0.3) is 5.91 Å². The number of hydrogen-bond donors (Lipinski definition) is 3. The summed E-state index contributed by atoms with van der Waals surface area (Å²) in [6, 6.07) is 13.0. The molecule has 156 valence electrons. The van der Waals surface area contributed by atoms with Crippen molar-refractivity contribution in [3.8, 4) is 0 Å². The lowest BCUT2D eigenvalue weighted by molar-refractivity contribution is -0.116. The Labute approximate surface area is 175 Å². The summed E-state index contributed by atoms with van der Waals surface area (Å²) in [4.78, 5) is 24.0. The summed E-state index contributed by atoms with van der Waals surface area (Å²) in [5.74, 6) is -0.353. The molecule has 0 fully saturated rings. The first kappa shape index (κ1) is 22.7. The maximum atomic E-state index is 12.0. The number of anilines is 2. The van der Waals surface area contributed by atoms with Gasteiger partial charge in [0.2, 0.25) is 15.9 Å². The van der Waals surface area contributed by atoms with Crippen LogP contribution in [0.2, 0.25) is 5.02 Å². The van der Waals surface area contributed by atoms with Crippen LogP contribution in [0.5, 0.6) is 0 Å². The third-order valence-electron chi connectivity index (χ3n) is 3.89. The molecule has 0 aliphatic heterocycles. The first-order valence-corrected chi connectivity index (χ1v) is 11.3. The van der Waals surface area contributed by atoms with Crippen LogP contribution in [0.4, 0.5) is 11.4 Å². The van der Waals surface area contributed by atoms with Gasteiger partial charge in [0, 0.05) is 34.9 Å². The highest BCUT2D eigenvalue weighted by Gasteiger charge is 2.09. The van der Waals surface area contributed by atoms with Gasteiger partial charge < -0.3 is 10.6 Å². The summed E-state index contributed by atoms with van der Waals surface area (Å²) >= 11 is 5.79. The first-order chi connectivity index (χ1) is 13.8. The fraction of sp³-hybridized carbons (Fsp3) is 0.300. The number of carbonyl (C=O) groups excluding carboxylic acids is 2. The summed E-state index contributed by atoms with van der Waals surface area (Å²) in [5.41, 5.74) is 1.52. The molecule has 0 atom stereocenters. The Hall–Kier alpha value is -2.58. The fourth-order valence-corrected chi connectivity index (χ4v) is 3.76. The minimum absolute atomic E-state index is 0.0556. The summed E-state index contributed by atoms with van der Waals surface area (Å²) in [7, 11) is -3.34. The second-order valence-corrected chi connectivity index (χ2v) is 8.69. The maximum Gasteiger partial charge on any atom is 0.251 e. The highest BCUT2D eigenvalue weighted by molar-refractivity contribution is 7.92. The normalized spacial score (nSPS) is 11.0. The zero-order valence-electron chi connectivity index (χ0n) is 16.1. The lowest BCUT2D eigenvalue weighted by Crippen LogP contribution is -2.25. The van der Waals surface area contributed by atoms with E-state index >= 15 is 0 Å². The van der Waals surface area contributed by atoms with Crippen molar-refractivity contribution in [1.82, 2.24) is 5.32 Å². The van der Waals surface area contributed by atoms with Gasteiger partial charge in [-0.05, 0) is 61.4 Å². The highest BCUT2D eigenvalue weighted by atomic mass is 35.5. The van der Waals surface area contributed by atoms with Gasteiger partial charge in [-0.15, -0.1) is 0 Å². The van der Waals surface area contributed by atoms with Crippen molar-refractivity contribution >= 4 is 44.8 Å². The van der Waals surface area contributed by atoms with Crippen LogP contribution in [0.15, 0.2) is 48.5 Å². The number of hydrogen-bond acceptors (Lipinski definition) is 4. The van der Waals surface area contributed by atoms with Crippen LogP contribution in [0, 0.1) is 0 Å². The van der Waals surface area contributed by atoms with Crippen LogP contribution in [0.25, 0.3) is 0 Å². The molecule has 29 heavy (non-hydrogen) atoms. The Balaban J connectivity index is 1.72. The molecular formula is C20H24ClN3O4S. The van der Waals surface area contributed by atoms with E-state index in [4.69, 9.17) is 11.6 Å². The maximum absolute atomic E-state index is 12.0. The average molecular weight is 438 g/mol. The number of sulfonamides is 1. The van der Waals surface area contributed by atoms with Crippen molar-refractivity contribution in [2.75, 3.05) is 22.3 Å². The van der Waals surface area contributed by atoms with Gasteiger partial charge in [-0.1, -0.05) is 18.5 Å². The van der Waals surface area contributed by atoms with Gasteiger partial charge >= 0.3 is 0 Å². The Morgan fingerprint density at radius 2 is 1.59 bits per heavy atom. The lowest BCUT2D eigenvalue weighted by atomic mass is 10.2. The lowest BCUT2D eigenvalue weighted by Gasteiger charge is -2.09. The fourth-order valence-electron chi connectivity index (χ4n) is 2.50. The quantitative estimate of drug-likeness (QED) is 0.493. The van der Waals surface area contributed by atoms with E-state index in [0.717, 1.165) is 0 Å². The predicted molar refractivity (Wildman–Crippen MR) is 116 cm³/mol. The van der Waals surface area contributed by atoms with E-state index in [-0.39, 0.29) is 24.0 Å². The standard InChI is InChI=1S/C20H24ClN3O4S/c1-2-14-29(27,28)24-18-11-9-17(10-12-18)23-19(25)4-3-13-22-20(26)15-5-7-16(21)8-6-15/h5-12,24H,2-4,13-14H2,1H3,(H,22,26)(H,23,25). The number of halogens is 1. The van der Waals surface area contributed by atoms with Crippen molar-refractivity contribution in [2.45, 2.75) is 26.2 Å². The number of benzene rings is 2. The predicted octanol–water partition coefficient (Wildman–Crippen LogP) is 3.64. The summed E-state index contributed by atoms with van der Waals surface area (Å²) < 4.78 is 26.0. The Bertz CT molecular complexity index is 929. The SMILES string of the molecule is CCCS(=O)(=O)Nc1ccc(NC(=O)CCCNC(=O)c2ccc(Cl)cc2)cc1. The van der Waals surface area contributed by atoms with Gasteiger partial charge in [-0.3, -0.25) is 14.3 Å². The zero-order chi connectivity index (χ0) is 21.3. The Morgan fingerprint density at radius 3 is 2.21 bits per heavy atom. The second kappa shape index (κ2) is 10.8. The van der Waals surface area contributed by atoms with E-state index < -0.39 is 10.0 Å². The van der Waals surface area contributed by atoms with Crippen LogP contribution in [-0.2, 0) is 14.8 Å². The van der Waals surface area contributed by atoms with Crippen LogP contribution in [0.3, 0.4) is 0 Å². The molecule has 0 aliphatic carbocycles. The molecule has 3 N–H and O–H groups in total. The van der Waals surface area contributed by atoms with Crippen molar-refractivity contribution < 1.29 is 18.0 Å². The molecule has 2 aromatic carbocycles. The zero-order valence-corrected chi connectivity index (χ0v) is 17.6. The average Bonchev–Trinajstić information content (AvgIpc) is 2.67. The summed E-state index contributed by atoms with van der Waals surface area (Å²) in [6.45, 7) is 2.16. The molecule has 0 saturated heterocycles. The molecule has 0 bridgehead atoms. The van der Waals surface area contributed by atoms with E-state index in [1.165, 1.54) is 0 Å². The molecule has 2 amide bonds. The number of amides is 2. The van der Waals surface area contributed by atoms with Crippen LogP contribution >= 0.6 is 11.6 Å². The van der Waals surface area contributed by atoms with Crippen LogP contribution in [-0.4, -0.2) is 32.5 Å². The number of carbonyl (C=O) groups is 2. The monoisotopic (exact) mass is 437 g/mol. The molecule has 9 heteroatoms. The van der Waals surface area contributed by atoms with Crippen LogP contribution < -0.4 is 15.4 Å². The van der Waals surface area contributed by atoms with Gasteiger partial charge in [0.1, 0.15) is 0 Å². The third kappa shape index (κ3) is 8.13. The molecule has 7 nitrogen and oxygen atoms in total. The Morgan fingerprint density at radius 1 is 0.966 bits per heavy atom. The minimum atomic E-state index is -3.34. The van der Waals surface area contributed by atoms with E-state index in [9.17, 15) is 18.0 Å². The molecule has 0 saturated carbocycles. The molecule has 0 unspecified atom stereocenters. The molecule has 2 rings (SSSR count). The van der Waals surface area contributed by atoms with Crippen molar-refractivity contribution in [1.29, 1.82) is 0 Å². The number of rotatable bonds is 10. The topological polar surface area (TPSA) is 104 Å². The van der Waals surface area contributed by atoms with Crippen molar-refractivity contribution in [2.24, 2.45) is 0 Å². The first-order valence-electron chi connectivity index (χ1n) is 9.23. The Kier molecular flexibility index (Phi) is 8.48. The molecular weight excluding hydrogens is 414 g/mol. The molecule has 0 radical (unpaired) electrons. The molecule has 2 aromatic rings. The van der Waals surface area contributed by atoms with Gasteiger partial charge in [0.05, 0.1) is 5.75 Å². The molecule has 0 heterocycles. The molecule has 0 aliphatic rings. The minimum Gasteiger partial charge on any atom is -0.352 e. The van der Waals surface area contributed by atoms with Gasteiger partial charge in [-0.25, -0.2) is 8.42 Å². The van der Waals surface area contributed by atoms with E-state index in [1.807, 2.05) is 0 Å².